The van der Waals surface area contributed by atoms with E-state index in [4.69, 9.17) is 9.47 Å². The Hall–Kier alpha value is -3.32. The molecule has 1 amide bonds. The summed E-state index contributed by atoms with van der Waals surface area (Å²) in [5, 5.41) is 11.3. The summed E-state index contributed by atoms with van der Waals surface area (Å²) in [4.78, 5) is 30.2. The third kappa shape index (κ3) is 6.03. The fourth-order valence-electron chi connectivity index (χ4n) is 4.26. The first-order valence-electron chi connectivity index (χ1n) is 12.3. The lowest BCUT2D eigenvalue weighted by atomic mass is 9.95. The standard InChI is InChI=1S/C28H36N2O5/c1-5-8-18-35-23-11-9-10-21(19-23)26(31)24-25(20-12-14-22(34-4)15-13-20)30(28(33)27(24)32)17-16-29(6-2)7-3/h9-15,19,25,31H,5-8,16-18H2,1-4H3/b26-24+. The van der Waals surface area contributed by atoms with E-state index in [1.807, 2.05) is 18.2 Å². The highest BCUT2D eigenvalue weighted by Crippen LogP contribution is 2.40. The van der Waals surface area contributed by atoms with Gasteiger partial charge < -0.3 is 24.4 Å². The van der Waals surface area contributed by atoms with Gasteiger partial charge in [-0.1, -0.05) is 51.5 Å². The van der Waals surface area contributed by atoms with Gasteiger partial charge in [-0.15, -0.1) is 0 Å². The number of likely N-dealkylation sites (N-methyl/N-ethyl adjacent to an activating group) is 1. The lowest BCUT2D eigenvalue weighted by molar-refractivity contribution is -0.140. The number of carbonyl (C=O) groups excluding carboxylic acids is 2. The van der Waals surface area contributed by atoms with Gasteiger partial charge in [0.15, 0.2) is 0 Å². The Morgan fingerprint density at radius 1 is 1.03 bits per heavy atom. The van der Waals surface area contributed by atoms with E-state index >= 15 is 0 Å². The Kier molecular flexibility index (Phi) is 9.32. The molecule has 7 nitrogen and oxygen atoms in total. The summed E-state index contributed by atoms with van der Waals surface area (Å²) in [5.41, 5.74) is 1.27. The zero-order valence-corrected chi connectivity index (χ0v) is 21.1. The Bertz CT molecular complexity index is 1040. The number of likely N-dealkylation sites (tertiary alicyclic amines) is 1. The van der Waals surface area contributed by atoms with E-state index in [0.717, 1.165) is 31.5 Å². The monoisotopic (exact) mass is 480 g/mol. The minimum atomic E-state index is -0.693. The van der Waals surface area contributed by atoms with Crippen molar-refractivity contribution in [2.24, 2.45) is 0 Å². The fraction of sp³-hybridized carbons (Fsp3) is 0.429. The molecule has 1 N–H and O–H groups in total. The van der Waals surface area contributed by atoms with Crippen molar-refractivity contribution in [2.75, 3.05) is 39.9 Å². The van der Waals surface area contributed by atoms with Crippen LogP contribution in [0.5, 0.6) is 11.5 Å². The fourth-order valence-corrected chi connectivity index (χ4v) is 4.26. The average Bonchev–Trinajstić information content (AvgIpc) is 3.14. The predicted octanol–water partition coefficient (Wildman–Crippen LogP) is 4.64. The molecule has 3 rings (SSSR count). The molecule has 1 fully saturated rings. The molecule has 188 valence electrons. The molecular formula is C28H36N2O5. The van der Waals surface area contributed by atoms with E-state index in [9.17, 15) is 14.7 Å². The molecule has 1 aliphatic rings. The molecule has 0 saturated carbocycles. The Labute approximate surface area is 207 Å². The Morgan fingerprint density at radius 2 is 1.74 bits per heavy atom. The highest BCUT2D eigenvalue weighted by atomic mass is 16.5. The predicted molar refractivity (Wildman–Crippen MR) is 137 cm³/mol. The van der Waals surface area contributed by atoms with E-state index < -0.39 is 17.7 Å². The third-order valence-corrected chi connectivity index (χ3v) is 6.40. The first-order chi connectivity index (χ1) is 16.9. The molecule has 0 spiro atoms. The first kappa shape index (κ1) is 26.3. The Balaban J connectivity index is 2.04. The zero-order valence-electron chi connectivity index (χ0n) is 21.1. The van der Waals surface area contributed by atoms with Gasteiger partial charge in [-0.05, 0) is 49.3 Å². The molecule has 35 heavy (non-hydrogen) atoms. The number of rotatable bonds is 12. The topological polar surface area (TPSA) is 79.3 Å². The second kappa shape index (κ2) is 12.4. The molecule has 1 heterocycles. The molecule has 1 unspecified atom stereocenters. The molecule has 2 aromatic carbocycles. The number of ketones is 1. The molecule has 2 aromatic rings. The number of benzene rings is 2. The van der Waals surface area contributed by atoms with Gasteiger partial charge in [-0.2, -0.15) is 0 Å². The lowest BCUT2D eigenvalue weighted by Gasteiger charge is -2.28. The van der Waals surface area contributed by atoms with Crippen molar-refractivity contribution < 1.29 is 24.2 Å². The van der Waals surface area contributed by atoms with Crippen LogP contribution in [0.25, 0.3) is 5.76 Å². The van der Waals surface area contributed by atoms with Crippen LogP contribution >= 0.6 is 0 Å². The van der Waals surface area contributed by atoms with Gasteiger partial charge in [0, 0.05) is 18.7 Å². The number of unbranched alkanes of at least 4 members (excludes halogenated alkanes) is 1. The molecule has 1 atom stereocenters. The molecule has 0 radical (unpaired) electrons. The maximum absolute atomic E-state index is 13.2. The molecule has 7 heteroatoms. The number of nitrogens with zero attached hydrogens (tertiary/aromatic N) is 2. The van der Waals surface area contributed by atoms with Crippen LogP contribution in [0.4, 0.5) is 0 Å². The summed E-state index contributed by atoms with van der Waals surface area (Å²) >= 11 is 0. The summed E-state index contributed by atoms with van der Waals surface area (Å²) in [7, 11) is 1.58. The molecule has 1 saturated heterocycles. The molecular weight excluding hydrogens is 444 g/mol. The number of hydrogen-bond donors (Lipinski definition) is 1. The van der Waals surface area contributed by atoms with Gasteiger partial charge in [0.2, 0.25) is 0 Å². The maximum Gasteiger partial charge on any atom is 0.295 e. The van der Waals surface area contributed by atoms with Crippen LogP contribution in [0, 0.1) is 0 Å². The average molecular weight is 481 g/mol. The van der Waals surface area contributed by atoms with Gasteiger partial charge in [0.1, 0.15) is 17.3 Å². The summed E-state index contributed by atoms with van der Waals surface area (Å²) in [6.45, 7) is 9.49. The Morgan fingerprint density at radius 3 is 2.37 bits per heavy atom. The molecule has 0 bridgehead atoms. The van der Waals surface area contributed by atoms with Gasteiger partial charge in [-0.3, -0.25) is 9.59 Å². The summed E-state index contributed by atoms with van der Waals surface area (Å²) in [6.07, 6.45) is 1.93. The van der Waals surface area contributed by atoms with Gasteiger partial charge >= 0.3 is 0 Å². The quantitative estimate of drug-likeness (QED) is 0.206. The van der Waals surface area contributed by atoms with Crippen molar-refractivity contribution in [1.29, 1.82) is 0 Å². The molecule has 1 aliphatic heterocycles. The second-order valence-corrected chi connectivity index (χ2v) is 8.52. The van der Waals surface area contributed by atoms with Gasteiger partial charge in [0.05, 0.1) is 25.3 Å². The minimum Gasteiger partial charge on any atom is -0.507 e. The lowest BCUT2D eigenvalue weighted by Crippen LogP contribution is -2.38. The normalized spacial score (nSPS) is 17.3. The number of aliphatic hydroxyl groups is 1. The van der Waals surface area contributed by atoms with E-state index in [1.54, 1.807) is 42.3 Å². The van der Waals surface area contributed by atoms with E-state index in [1.165, 1.54) is 0 Å². The van der Waals surface area contributed by atoms with Crippen LogP contribution in [0.1, 0.15) is 50.8 Å². The number of carbonyl (C=O) groups is 2. The van der Waals surface area contributed by atoms with Crippen LogP contribution in [0.2, 0.25) is 0 Å². The minimum absolute atomic E-state index is 0.0884. The largest absolute Gasteiger partial charge is 0.507 e. The van der Waals surface area contributed by atoms with Crippen LogP contribution in [0.15, 0.2) is 54.1 Å². The van der Waals surface area contributed by atoms with Crippen molar-refractivity contribution in [2.45, 2.75) is 39.7 Å². The molecule has 0 aliphatic carbocycles. The van der Waals surface area contributed by atoms with Crippen LogP contribution in [-0.4, -0.2) is 66.5 Å². The van der Waals surface area contributed by atoms with Crippen molar-refractivity contribution >= 4 is 17.4 Å². The van der Waals surface area contributed by atoms with E-state index in [0.29, 0.717) is 36.8 Å². The number of hydrogen-bond acceptors (Lipinski definition) is 6. The van der Waals surface area contributed by atoms with Crippen LogP contribution in [0.3, 0.4) is 0 Å². The number of Topliss-reactive ketones (excluding diaryl/α,β-unsaturated/α-hetero) is 1. The second-order valence-electron chi connectivity index (χ2n) is 8.52. The van der Waals surface area contributed by atoms with Crippen LogP contribution < -0.4 is 9.47 Å². The number of aliphatic hydroxyl groups excluding tert-OH is 1. The van der Waals surface area contributed by atoms with E-state index in [2.05, 4.69) is 25.7 Å². The smallest absolute Gasteiger partial charge is 0.295 e. The number of ether oxygens (including phenoxy) is 2. The van der Waals surface area contributed by atoms with E-state index in [-0.39, 0.29) is 11.3 Å². The first-order valence-corrected chi connectivity index (χ1v) is 12.3. The van der Waals surface area contributed by atoms with Crippen molar-refractivity contribution in [1.82, 2.24) is 9.80 Å². The highest BCUT2D eigenvalue weighted by Gasteiger charge is 2.46. The highest BCUT2D eigenvalue weighted by molar-refractivity contribution is 6.46. The van der Waals surface area contributed by atoms with Crippen molar-refractivity contribution in [3.05, 3.63) is 65.2 Å². The van der Waals surface area contributed by atoms with Crippen molar-refractivity contribution in [3.63, 3.8) is 0 Å². The SMILES string of the molecule is CCCCOc1cccc(/C(O)=C2\C(=O)C(=O)N(CCN(CC)CC)C2c2ccc(OC)cc2)c1. The maximum atomic E-state index is 13.2. The van der Waals surface area contributed by atoms with Gasteiger partial charge in [-0.25, -0.2) is 0 Å². The third-order valence-electron chi connectivity index (χ3n) is 6.40. The summed E-state index contributed by atoms with van der Waals surface area (Å²) in [6, 6.07) is 13.6. The van der Waals surface area contributed by atoms with Crippen molar-refractivity contribution in [3.8, 4) is 11.5 Å². The van der Waals surface area contributed by atoms with Crippen LogP contribution in [-0.2, 0) is 9.59 Å². The number of methoxy groups -OCH3 is 1. The molecule has 0 aromatic heterocycles. The van der Waals surface area contributed by atoms with Gasteiger partial charge in [0.25, 0.3) is 11.7 Å². The summed E-state index contributed by atoms with van der Waals surface area (Å²) < 4.78 is 11.1. The number of amides is 1. The summed E-state index contributed by atoms with van der Waals surface area (Å²) in [5.74, 6) is -0.199. The zero-order chi connectivity index (χ0) is 25.4.